The third-order valence-electron chi connectivity index (χ3n) is 4.18. The molecule has 1 unspecified atom stereocenters. The Balaban J connectivity index is 2.75. The minimum atomic E-state index is -1.32. The minimum absolute atomic E-state index is 0.0681. The van der Waals surface area contributed by atoms with Gasteiger partial charge in [-0.2, -0.15) is 0 Å². The van der Waals surface area contributed by atoms with Crippen LogP contribution in [0.15, 0.2) is 47.6 Å². The Labute approximate surface area is 144 Å². The summed E-state index contributed by atoms with van der Waals surface area (Å²) in [5, 5.41) is 29.3. The Bertz CT molecular complexity index is 540. The van der Waals surface area contributed by atoms with Crippen molar-refractivity contribution in [3.05, 3.63) is 47.6 Å². The molecule has 3 N–H and O–H groups in total. The van der Waals surface area contributed by atoms with Gasteiger partial charge in [0.2, 0.25) is 0 Å². The van der Waals surface area contributed by atoms with Crippen molar-refractivity contribution in [2.45, 2.75) is 46.3 Å². The van der Waals surface area contributed by atoms with Crippen molar-refractivity contribution in [3.63, 3.8) is 0 Å². The minimum Gasteiger partial charge on any atom is -0.392 e. The highest BCUT2D eigenvalue weighted by Crippen LogP contribution is 2.28. The number of aliphatic hydroxyl groups excluding tert-OH is 3. The largest absolute Gasteiger partial charge is 0.392 e. The quantitative estimate of drug-likeness (QED) is 0.494. The fourth-order valence-electron chi connectivity index (χ4n) is 2.70. The molecule has 4 atom stereocenters. The summed E-state index contributed by atoms with van der Waals surface area (Å²) in [5.41, 5.74) is 0.796. The van der Waals surface area contributed by atoms with E-state index in [0.717, 1.165) is 12.0 Å². The maximum Gasteiger partial charge on any atom is 0.190 e. The molecule has 0 aliphatic heterocycles. The van der Waals surface area contributed by atoms with Crippen LogP contribution >= 0.6 is 0 Å². The smallest absolute Gasteiger partial charge is 0.190 e. The van der Waals surface area contributed by atoms with Crippen LogP contribution in [0.2, 0.25) is 0 Å². The lowest BCUT2D eigenvalue weighted by atomic mass is 9.79. The first-order chi connectivity index (χ1) is 11.3. The molecule has 4 nitrogen and oxygen atoms in total. The van der Waals surface area contributed by atoms with Crippen LogP contribution in [-0.2, 0) is 4.79 Å². The molecule has 1 aliphatic carbocycles. The summed E-state index contributed by atoms with van der Waals surface area (Å²) in [6.45, 7) is 7.75. The van der Waals surface area contributed by atoms with Gasteiger partial charge in [0.05, 0.1) is 12.7 Å². The number of carbonyl (C=O) groups excluding carboxylic acids is 1. The van der Waals surface area contributed by atoms with Crippen molar-refractivity contribution in [2.24, 2.45) is 17.8 Å². The average molecular weight is 334 g/mol. The van der Waals surface area contributed by atoms with Crippen molar-refractivity contribution < 1.29 is 20.1 Å². The predicted molar refractivity (Wildman–Crippen MR) is 96.3 cm³/mol. The van der Waals surface area contributed by atoms with Gasteiger partial charge in [0, 0.05) is 11.5 Å². The van der Waals surface area contributed by atoms with E-state index >= 15 is 0 Å². The van der Waals surface area contributed by atoms with Gasteiger partial charge in [-0.05, 0) is 31.3 Å². The topological polar surface area (TPSA) is 77.8 Å². The number of hydrogen-bond donors (Lipinski definition) is 3. The molecule has 0 bridgehead atoms. The van der Waals surface area contributed by atoms with Crippen molar-refractivity contribution in [2.75, 3.05) is 6.61 Å². The Kier molecular flexibility index (Phi) is 8.32. The molecule has 24 heavy (non-hydrogen) atoms. The number of allylic oxidation sites excluding steroid dienone is 5. The summed E-state index contributed by atoms with van der Waals surface area (Å²) in [5.74, 6) is -0.265. The van der Waals surface area contributed by atoms with Gasteiger partial charge in [0.1, 0.15) is 6.10 Å². The normalized spacial score (nSPS) is 27.3. The van der Waals surface area contributed by atoms with Gasteiger partial charge < -0.3 is 15.3 Å². The first-order valence-corrected chi connectivity index (χ1v) is 8.51. The van der Waals surface area contributed by atoms with Crippen LogP contribution in [0.5, 0.6) is 0 Å². The molecule has 0 aromatic rings. The van der Waals surface area contributed by atoms with Crippen LogP contribution in [0.25, 0.3) is 0 Å². The summed E-state index contributed by atoms with van der Waals surface area (Å²) >= 11 is 0. The van der Waals surface area contributed by atoms with Gasteiger partial charge in [-0.1, -0.05) is 56.7 Å². The monoisotopic (exact) mass is 334 g/mol. The molecule has 0 heterocycles. The third-order valence-corrected chi connectivity index (χ3v) is 4.18. The van der Waals surface area contributed by atoms with Crippen LogP contribution in [0.1, 0.15) is 34.1 Å². The Hall–Kier alpha value is -1.49. The Morgan fingerprint density at radius 1 is 1.25 bits per heavy atom. The number of Topliss-reactive ketones (excluding diaryl/α,β-unsaturated/α-hetero) is 1. The number of hydrogen-bond acceptors (Lipinski definition) is 4. The van der Waals surface area contributed by atoms with Crippen molar-refractivity contribution in [3.8, 4) is 0 Å². The second kappa shape index (κ2) is 9.72. The molecule has 0 spiro atoms. The van der Waals surface area contributed by atoms with E-state index in [4.69, 9.17) is 5.11 Å². The van der Waals surface area contributed by atoms with E-state index < -0.39 is 30.5 Å². The second-order valence-electron chi connectivity index (χ2n) is 6.89. The SMILES string of the molecule is C/C(=C\C=C\C(C)/C=C\CC(C)C)[C@H]1[C@@H](O)C=C(CO)C(=O)[C@@H]1O. The molecule has 0 aromatic heterocycles. The standard InChI is InChI=1S/C20H30O4/c1-13(2)7-5-8-14(3)9-6-10-15(4)18-17(22)11-16(12-21)19(23)20(18)24/h5-6,8-11,13-14,17-18,20-22,24H,7,12H2,1-4H3/b8-5-,9-6+,15-10+/t14?,17-,18-,20+/m0/s1. The van der Waals surface area contributed by atoms with Gasteiger partial charge in [-0.3, -0.25) is 4.79 Å². The molecule has 0 fully saturated rings. The zero-order valence-corrected chi connectivity index (χ0v) is 15.0. The first kappa shape index (κ1) is 20.6. The lowest BCUT2D eigenvalue weighted by Crippen LogP contribution is -2.43. The van der Waals surface area contributed by atoms with Gasteiger partial charge in [-0.15, -0.1) is 0 Å². The molecule has 4 heteroatoms. The van der Waals surface area contributed by atoms with Crippen LogP contribution in [0.4, 0.5) is 0 Å². The summed E-state index contributed by atoms with van der Waals surface area (Å²) in [6, 6.07) is 0. The Morgan fingerprint density at radius 2 is 1.92 bits per heavy atom. The van der Waals surface area contributed by atoms with Crippen molar-refractivity contribution >= 4 is 5.78 Å². The van der Waals surface area contributed by atoms with E-state index in [1.807, 2.05) is 18.2 Å². The van der Waals surface area contributed by atoms with Crippen molar-refractivity contribution in [1.29, 1.82) is 0 Å². The maximum absolute atomic E-state index is 11.9. The molecule has 0 radical (unpaired) electrons. The van der Waals surface area contributed by atoms with Gasteiger partial charge >= 0.3 is 0 Å². The summed E-state index contributed by atoms with van der Waals surface area (Å²) in [4.78, 5) is 11.9. The number of ketones is 1. The van der Waals surface area contributed by atoms with E-state index in [0.29, 0.717) is 5.92 Å². The lowest BCUT2D eigenvalue weighted by Gasteiger charge is -2.30. The molecular weight excluding hydrogens is 304 g/mol. The van der Waals surface area contributed by atoms with Crippen LogP contribution in [0.3, 0.4) is 0 Å². The number of carbonyl (C=O) groups is 1. The van der Waals surface area contributed by atoms with Gasteiger partial charge in [0.15, 0.2) is 5.78 Å². The molecule has 1 aliphatic rings. The van der Waals surface area contributed by atoms with E-state index in [9.17, 15) is 15.0 Å². The second-order valence-corrected chi connectivity index (χ2v) is 6.89. The molecular formula is C20H30O4. The molecule has 0 saturated carbocycles. The molecule has 0 amide bonds. The van der Waals surface area contributed by atoms with E-state index in [2.05, 4.69) is 32.9 Å². The molecule has 0 saturated heterocycles. The predicted octanol–water partition coefficient (Wildman–Crippen LogP) is 2.57. The van der Waals surface area contributed by atoms with Crippen LogP contribution in [0, 0.1) is 17.8 Å². The molecule has 0 aromatic carbocycles. The summed E-state index contributed by atoms with van der Waals surface area (Å²) in [6.07, 6.45) is 10.1. The van der Waals surface area contributed by atoms with Crippen LogP contribution in [-0.4, -0.2) is 39.9 Å². The van der Waals surface area contributed by atoms with Gasteiger partial charge in [-0.25, -0.2) is 0 Å². The highest BCUT2D eigenvalue weighted by Gasteiger charge is 2.37. The fraction of sp³-hybridized carbons (Fsp3) is 0.550. The van der Waals surface area contributed by atoms with Gasteiger partial charge in [0.25, 0.3) is 0 Å². The third kappa shape index (κ3) is 5.86. The van der Waals surface area contributed by atoms with Crippen molar-refractivity contribution in [1.82, 2.24) is 0 Å². The zero-order chi connectivity index (χ0) is 18.3. The first-order valence-electron chi connectivity index (χ1n) is 8.51. The molecule has 134 valence electrons. The van der Waals surface area contributed by atoms with E-state index in [1.54, 1.807) is 6.92 Å². The fourth-order valence-corrected chi connectivity index (χ4v) is 2.70. The van der Waals surface area contributed by atoms with E-state index in [-0.39, 0.29) is 11.5 Å². The molecule has 1 rings (SSSR count). The van der Waals surface area contributed by atoms with Crippen LogP contribution < -0.4 is 0 Å². The van der Waals surface area contributed by atoms with E-state index in [1.165, 1.54) is 6.08 Å². The number of rotatable bonds is 7. The maximum atomic E-state index is 11.9. The Morgan fingerprint density at radius 3 is 2.50 bits per heavy atom. The highest BCUT2D eigenvalue weighted by atomic mass is 16.3. The number of aliphatic hydroxyl groups is 3. The highest BCUT2D eigenvalue weighted by molar-refractivity contribution is 6.00. The lowest BCUT2D eigenvalue weighted by molar-refractivity contribution is -0.128. The zero-order valence-electron chi connectivity index (χ0n) is 15.0. The summed E-state index contributed by atoms with van der Waals surface area (Å²) in [7, 11) is 0. The average Bonchev–Trinajstić information content (AvgIpc) is 2.50. The summed E-state index contributed by atoms with van der Waals surface area (Å²) < 4.78 is 0.